The summed E-state index contributed by atoms with van der Waals surface area (Å²) in [5, 5.41) is 4.19. The van der Waals surface area contributed by atoms with Crippen molar-refractivity contribution in [2.75, 3.05) is 0 Å². The fourth-order valence-corrected chi connectivity index (χ4v) is 6.28. The maximum Gasteiger partial charge on any atom is 0.0382 e. The first-order valence-electron chi connectivity index (χ1n) is 9.05. The minimum Gasteiger partial charge on any atom is -0.306 e. The van der Waals surface area contributed by atoms with Gasteiger partial charge in [-0.3, -0.25) is 0 Å². The lowest BCUT2D eigenvalue weighted by molar-refractivity contribution is 0.627. The lowest BCUT2D eigenvalue weighted by Gasteiger charge is -2.22. The molecule has 5 rings (SSSR count). The summed E-state index contributed by atoms with van der Waals surface area (Å²) in [6, 6.07) is 2.92. The Labute approximate surface area is 148 Å². The van der Waals surface area contributed by atoms with Crippen LogP contribution in [0.2, 0.25) is 0 Å². The van der Waals surface area contributed by atoms with E-state index in [9.17, 15) is 0 Å². The van der Waals surface area contributed by atoms with Crippen LogP contribution in [0.1, 0.15) is 54.0 Å². The van der Waals surface area contributed by atoms with Gasteiger partial charge in [-0.05, 0) is 60.1 Å². The fraction of sp³-hybridized carbons (Fsp3) is 0.364. The van der Waals surface area contributed by atoms with E-state index in [1.165, 1.54) is 35.1 Å². The summed E-state index contributed by atoms with van der Waals surface area (Å²) < 4.78 is 0. The summed E-state index contributed by atoms with van der Waals surface area (Å²) in [5.74, 6) is 0.537. The van der Waals surface area contributed by atoms with Crippen molar-refractivity contribution in [1.82, 2.24) is 5.32 Å². The number of hydrogen-bond donors (Lipinski definition) is 1. The Bertz CT molecular complexity index is 840. The molecule has 0 saturated carbocycles. The Hall–Kier alpha value is -1.51. The van der Waals surface area contributed by atoms with E-state index in [0.717, 1.165) is 6.54 Å². The number of rotatable bonds is 1. The molecular formula is C22H23NS. The molecule has 1 aromatic rings. The van der Waals surface area contributed by atoms with E-state index < -0.39 is 0 Å². The van der Waals surface area contributed by atoms with Crippen LogP contribution in [0, 0.1) is 6.92 Å². The maximum absolute atomic E-state index is 3.62. The average molecular weight is 334 g/mol. The zero-order valence-corrected chi connectivity index (χ0v) is 15.1. The van der Waals surface area contributed by atoms with Gasteiger partial charge in [0, 0.05) is 28.6 Å². The van der Waals surface area contributed by atoms with E-state index in [0.29, 0.717) is 17.2 Å². The second kappa shape index (κ2) is 5.50. The number of allylic oxidation sites excluding steroid dienone is 7. The highest BCUT2D eigenvalue weighted by Gasteiger charge is 2.38. The summed E-state index contributed by atoms with van der Waals surface area (Å²) >= 11 is 2.09. The third-order valence-corrected chi connectivity index (χ3v) is 7.23. The molecule has 4 aliphatic rings. The first-order chi connectivity index (χ1) is 11.7. The molecule has 1 nitrogen and oxygen atoms in total. The smallest absolute Gasteiger partial charge is 0.0382 e. The van der Waals surface area contributed by atoms with Crippen molar-refractivity contribution >= 4 is 11.8 Å². The van der Waals surface area contributed by atoms with E-state index in [-0.39, 0.29) is 0 Å². The van der Waals surface area contributed by atoms with Crippen molar-refractivity contribution in [2.24, 2.45) is 0 Å². The first kappa shape index (κ1) is 14.8. The standard InChI is InChI=1S/C22H23NS/c1-13-10-17-12-23-14(2)21(17)22-20(13)18-11-16(8-9-19(18)24-22)15-6-4-3-5-7-15/h3-4,6,8-11,14,18-19,23H,5,7,12H2,1-2H3. The topological polar surface area (TPSA) is 12.0 Å². The SMILES string of the molecule is Cc1cc2c(c3c1C1C=C(C4=CC=CCC4)C=CC1S3)C(C)NC2. The van der Waals surface area contributed by atoms with E-state index in [1.54, 1.807) is 16.0 Å². The maximum atomic E-state index is 3.62. The Balaban J connectivity index is 1.62. The van der Waals surface area contributed by atoms with Gasteiger partial charge in [-0.15, -0.1) is 11.8 Å². The summed E-state index contributed by atoms with van der Waals surface area (Å²) in [4.78, 5) is 1.57. The summed E-state index contributed by atoms with van der Waals surface area (Å²) in [5.41, 5.74) is 9.09. The van der Waals surface area contributed by atoms with Gasteiger partial charge in [0.2, 0.25) is 0 Å². The normalized spacial score (nSPS) is 29.8. The molecule has 0 radical (unpaired) electrons. The van der Waals surface area contributed by atoms with Crippen molar-refractivity contribution in [3.05, 3.63) is 75.9 Å². The highest BCUT2D eigenvalue weighted by atomic mass is 32.2. The third-order valence-electron chi connectivity index (χ3n) is 5.83. The molecule has 24 heavy (non-hydrogen) atoms. The molecule has 2 heterocycles. The lowest BCUT2D eigenvalue weighted by Crippen LogP contribution is -2.11. The van der Waals surface area contributed by atoms with Crippen LogP contribution in [0.25, 0.3) is 0 Å². The quantitative estimate of drug-likeness (QED) is 0.729. The van der Waals surface area contributed by atoms with Gasteiger partial charge in [-0.2, -0.15) is 0 Å². The van der Waals surface area contributed by atoms with Gasteiger partial charge in [0.05, 0.1) is 0 Å². The zero-order valence-electron chi connectivity index (χ0n) is 14.3. The second-order valence-electron chi connectivity index (χ2n) is 7.36. The largest absolute Gasteiger partial charge is 0.306 e. The van der Waals surface area contributed by atoms with Crippen LogP contribution >= 0.6 is 11.8 Å². The van der Waals surface area contributed by atoms with Crippen LogP contribution in [0.5, 0.6) is 0 Å². The highest BCUT2D eigenvalue weighted by Crippen LogP contribution is 2.54. The molecule has 2 aliphatic carbocycles. The van der Waals surface area contributed by atoms with Crippen molar-refractivity contribution in [2.45, 2.75) is 55.3 Å². The molecule has 0 saturated heterocycles. The fourth-order valence-electron chi connectivity index (χ4n) is 4.63. The number of hydrogen-bond acceptors (Lipinski definition) is 2. The van der Waals surface area contributed by atoms with E-state index >= 15 is 0 Å². The van der Waals surface area contributed by atoms with Crippen LogP contribution in [-0.2, 0) is 6.54 Å². The number of thioether (sulfide) groups is 1. The van der Waals surface area contributed by atoms with E-state index in [4.69, 9.17) is 0 Å². The number of fused-ring (bicyclic) bond motifs is 5. The van der Waals surface area contributed by atoms with Crippen LogP contribution in [0.4, 0.5) is 0 Å². The predicted octanol–water partition coefficient (Wildman–Crippen LogP) is 5.49. The van der Waals surface area contributed by atoms with Gasteiger partial charge >= 0.3 is 0 Å². The Morgan fingerprint density at radius 3 is 3.00 bits per heavy atom. The van der Waals surface area contributed by atoms with Crippen molar-refractivity contribution in [3.63, 3.8) is 0 Å². The third kappa shape index (κ3) is 2.13. The van der Waals surface area contributed by atoms with Gasteiger partial charge in [0.25, 0.3) is 0 Å². The van der Waals surface area contributed by atoms with Crippen LogP contribution < -0.4 is 5.32 Å². The van der Waals surface area contributed by atoms with Crippen molar-refractivity contribution < 1.29 is 0 Å². The molecule has 0 fully saturated rings. The number of benzene rings is 1. The van der Waals surface area contributed by atoms with Crippen LogP contribution in [0.15, 0.2) is 58.6 Å². The minimum absolute atomic E-state index is 0.487. The summed E-state index contributed by atoms with van der Waals surface area (Å²) in [6.07, 6.45) is 16.5. The molecule has 2 heteroatoms. The minimum atomic E-state index is 0.487. The number of nitrogens with one attached hydrogen (secondary N) is 1. The zero-order chi connectivity index (χ0) is 16.3. The van der Waals surface area contributed by atoms with Crippen molar-refractivity contribution in [3.8, 4) is 0 Å². The Morgan fingerprint density at radius 1 is 1.25 bits per heavy atom. The van der Waals surface area contributed by atoms with Gasteiger partial charge < -0.3 is 5.32 Å². The molecular weight excluding hydrogens is 310 g/mol. The van der Waals surface area contributed by atoms with Crippen LogP contribution in [0.3, 0.4) is 0 Å². The molecule has 3 unspecified atom stereocenters. The molecule has 3 atom stereocenters. The molecule has 1 N–H and O–H groups in total. The molecule has 122 valence electrons. The second-order valence-corrected chi connectivity index (χ2v) is 8.55. The van der Waals surface area contributed by atoms with Gasteiger partial charge in [0.15, 0.2) is 0 Å². The molecule has 0 spiro atoms. The van der Waals surface area contributed by atoms with Gasteiger partial charge in [-0.25, -0.2) is 0 Å². The number of aryl methyl sites for hydroxylation is 1. The highest BCUT2D eigenvalue weighted by molar-refractivity contribution is 8.00. The predicted molar refractivity (Wildman–Crippen MR) is 102 cm³/mol. The molecule has 1 aromatic carbocycles. The average Bonchev–Trinajstić information content (AvgIpc) is 3.16. The van der Waals surface area contributed by atoms with E-state index in [2.05, 4.69) is 73.4 Å². The Kier molecular flexibility index (Phi) is 3.39. The van der Waals surface area contributed by atoms with Crippen molar-refractivity contribution in [1.29, 1.82) is 0 Å². The van der Waals surface area contributed by atoms with Gasteiger partial charge in [-0.1, -0.05) is 42.5 Å². The lowest BCUT2D eigenvalue weighted by atomic mass is 9.82. The first-order valence-corrected chi connectivity index (χ1v) is 9.93. The monoisotopic (exact) mass is 333 g/mol. The molecule has 0 aromatic heterocycles. The summed E-state index contributed by atoms with van der Waals surface area (Å²) in [7, 11) is 0. The molecule has 0 amide bonds. The van der Waals surface area contributed by atoms with Gasteiger partial charge in [0.1, 0.15) is 0 Å². The summed E-state index contributed by atoms with van der Waals surface area (Å²) in [6.45, 7) is 5.64. The molecule has 0 bridgehead atoms. The molecule has 2 aliphatic heterocycles. The van der Waals surface area contributed by atoms with Crippen LogP contribution in [-0.4, -0.2) is 5.25 Å². The van der Waals surface area contributed by atoms with E-state index in [1.807, 2.05) is 0 Å². The Morgan fingerprint density at radius 2 is 2.17 bits per heavy atom.